The van der Waals surface area contributed by atoms with Crippen molar-refractivity contribution in [1.82, 2.24) is 20.4 Å². The molecular formula is C14H18N4O3. The maximum atomic E-state index is 12.0. The quantitative estimate of drug-likeness (QED) is 0.875. The summed E-state index contributed by atoms with van der Waals surface area (Å²) in [4.78, 5) is 19.3. The lowest BCUT2D eigenvalue weighted by Gasteiger charge is -2.01. The average molecular weight is 290 g/mol. The van der Waals surface area contributed by atoms with Gasteiger partial charge in [0.25, 0.3) is 11.8 Å². The maximum Gasteiger partial charge on any atom is 0.268 e. The number of aryl methyl sites for hydroxylation is 1. The lowest BCUT2D eigenvalue weighted by Crippen LogP contribution is -2.23. The molecule has 1 atom stereocenters. The number of rotatable bonds is 5. The van der Waals surface area contributed by atoms with Crippen LogP contribution in [0.25, 0.3) is 0 Å². The van der Waals surface area contributed by atoms with E-state index in [4.69, 9.17) is 9.26 Å². The Bertz CT molecular complexity index is 613. The first-order valence-electron chi connectivity index (χ1n) is 7.16. The molecule has 0 unspecified atom stereocenters. The lowest BCUT2D eigenvalue weighted by molar-refractivity contribution is 0.0835. The minimum atomic E-state index is -0.182. The summed E-state index contributed by atoms with van der Waals surface area (Å²) in [5, 5.41) is 6.62. The van der Waals surface area contributed by atoms with Gasteiger partial charge in [0.1, 0.15) is 11.8 Å². The molecule has 1 aliphatic heterocycles. The minimum absolute atomic E-state index is 0.0996. The zero-order valence-electron chi connectivity index (χ0n) is 11.9. The number of carbonyl (C=O) groups is 1. The van der Waals surface area contributed by atoms with E-state index in [0.29, 0.717) is 17.4 Å². The normalized spacial score (nSPS) is 18.0. The number of amides is 1. The van der Waals surface area contributed by atoms with Crippen LogP contribution in [0.3, 0.4) is 0 Å². The number of aromatic nitrogens is 3. The van der Waals surface area contributed by atoms with Crippen molar-refractivity contribution < 1.29 is 14.1 Å². The number of hydrogen-bond acceptors (Lipinski definition) is 5. The summed E-state index contributed by atoms with van der Waals surface area (Å²) in [6.07, 6.45) is 2.67. The standard InChI is InChI=1S/C14H18N4O3/c1-2-9-5-6-10(16-9)13(19)15-8-12-17-14(21-18-12)11-4-3-7-20-11/h5-6,11,16H,2-4,7-8H2,1H3,(H,15,19)/t11-/m0/s1. The summed E-state index contributed by atoms with van der Waals surface area (Å²) < 4.78 is 10.6. The smallest absolute Gasteiger partial charge is 0.268 e. The first kappa shape index (κ1) is 13.8. The van der Waals surface area contributed by atoms with Crippen LogP contribution in [0.4, 0.5) is 0 Å². The third kappa shape index (κ3) is 3.13. The molecule has 0 bridgehead atoms. The molecule has 2 N–H and O–H groups in total. The molecule has 0 spiro atoms. The number of aromatic amines is 1. The number of nitrogens with one attached hydrogen (secondary N) is 2. The Labute approximate surface area is 122 Å². The fraction of sp³-hybridized carbons (Fsp3) is 0.500. The Morgan fingerprint density at radius 1 is 1.52 bits per heavy atom. The van der Waals surface area contributed by atoms with Crippen LogP contribution in [0.1, 0.15) is 53.8 Å². The molecule has 7 nitrogen and oxygen atoms in total. The van der Waals surface area contributed by atoms with Crippen molar-refractivity contribution in [3.05, 3.63) is 35.2 Å². The highest BCUT2D eigenvalue weighted by atomic mass is 16.5. The molecule has 0 saturated carbocycles. The zero-order chi connectivity index (χ0) is 14.7. The maximum absolute atomic E-state index is 12.0. The summed E-state index contributed by atoms with van der Waals surface area (Å²) in [7, 11) is 0. The van der Waals surface area contributed by atoms with Gasteiger partial charge in [-0.3, -0.25) is 4.79 Å². The van der Waals surface area contributed by atoms with Crippen LogP contribution >= 0.6 is 0 Å². The third-order valence-electron chi connectivity index (χ3n) is 3.47. The monoisotopic (exact) mass is 290 g/mol. The largest absolute Gasteiger partial charge is 0.368 e. The van der Waals surface area contributed by atoms with Gasteiger partial charge in [0.05, 0.1) is 6.54 Å². The van der Waals surface area contributed by atoms with Crippen LogP contribution in [-0.2, 0) is 17.7 Å². The summed E-state index contributed by atoms with van der Waals surface area (Å²) >= 11 is 0. The van der Waals surface area contributed by atoms with Crippen molar-refractivity contribution in [3.8, 4) is 0 Å². The second kappa shape index (κ2) is 6.09. The highest BCUT2D eigenvalue weighted by molar-refractivity contribution is 5.92. The Balaban J connectivity index is 1.56. The first-order valence-corrected chi connectivity index (χ1v) is 7.16. The average Bonchev–Trinajstić information content (AvgIpc) is 3.24. The first-order chi connectivity index (χ1) is 10.3. The molecule has 2 aromatic rings. The molecule has 112 valence electrons. The number of hydrogen-bond donors (Lipinski definition) is 2. The minimum Gasteiger partial charge on any atom is -0.368 e. The highest BCUT2D eigenvalue weighted by Gasteiger charge is 2.23. The predicted molar refractivity (Wildman–Crippen MR) is 73.6 cm³/mol. The van der Waals surface area contributed by atoms with Crippen molar-refractivity contribution in [1.29, 1.82) is 0 Å². The number of carbonyl (C=O) groups excluding carboxylic acids is 1. The van der Waals surface area contributed by atoms with Gasteiger partial charge in [-0.15, -0.1) is 0 Å². The molecule has 3 rings (SSSR count). The number of nitrogens with zero attached hydrogens (tertiary/aromatic N) is 2. The lowest BCUT2D eigenvalue weighted by atomic mass is 10.2. The molecule has 3 heterocycles. The zero-order valence-corrected chi connectivity index (χ0v) is 11.9. The topological polar surface area (TPSA) is 93.0 Å². The van der Waals surface area contributed by atoms with E-state index in [1.807, 2.05) is 13.0 Å². The van der Waals surface area contributed by atoms with Crippen molar-refractivity contribution in [2.24, 2.45) is 0 Å². The third-order valence-corrected chi connectivity index (χ3v) is 3.47. The van der Waals surface area contributed by atoms with Gasteiger partial charge in [0, 0.05) is 12.3 Å². The molecule has 1 saturated heterocycles. The van der Waals surface area contributed by atoms with Crippen LogP contribution in [-0.4, -0.2) is 27.6 Å². The van der Waals surface area contributed by atoms with Gasteiger partial charge >= 0.3 is 0 Å². The Kier molecular flexibility index (Phi) is 4.01. The van der Waals surface area contributed by atoms with E-state index in [2.05, 4.69) is 20.4 Å². The van der Waals surface area contributed by atoms with Crippen LogP contribution in [0.15, 0.2) is 16.7 Å². The SMILES string of the molecule is CCc1ccc(C(=O)NCc2noc([C@@H]3CCCO3)n2)[nH]1. The fourth-order valence-electron chi connectivity index (χ4n) is 2.28. The van der Waals surface area contributed by atoms with E-state index in [1.54, 1.807) is 6.07 Å². The molecule has 1 aliphatic rings. The summed E-state index contributed by atoms with van der Waals surface area (Å²) in [5.41, 5.74) is 1.56. The molecule has 1 fully saturated rings. The van der Waals surface area contributed by atoms with E-state index in [-0.39, 0.29) is 18.6 Å². The molecule has 2 aromatic heterocycles. The highest BCUT2D eigenvalue weighted by Crippen LogP contribution is 2.26. The molecule has 0 aromatic carbocycles. The van der Waals surface area contributed by atoms with Gasteiger partial charge in [-0.1, -0.05) is 12.1 Å². The Morgan fingerprint density at radius 3 is 3.14 bits per heavy atom. The summed E-state index contributed by atoms with van der Waals surface area (Å²) in [6, 6.07) is 3.67. The number of H-pyrrole nitrogens is 1. The molecular weight excluding hydrogens is 272 g/mol. The van der Waals surface area contributed by atoms with Gasteiger partial charge in [-0.2, -0.15) is 4.98 Å². The van der Waals surface area contributed by atoms with Crippen molar-refractivity contribution in [2.75, 3.05) is 6.61 Å². The number of ether oxygens (including phenoxy) is 1. The molecule has 0 radical (unpaired) electrons. The Morgan fingerprint density at radius 2 is 2.43 bits per heavy atom. The van der Waals surface area contributed by atoms with Crippen molar-refractivity contribution in [3.63, 3.8) is 0 Å². The van der Waals surface area contributed by atoms with E-state index < -0.39 is 0 Å². The summed E-state index contributed by atoms with van der Waals surface area (Å²) in [6.45, 7) is 2.99. The molecule has 21 heavy (non-hydrogen) atoms. The second-order valence-electron chi connectivity index (χ2n) is 4.98. The van der Waals surface area contributed by atoms with Gasteiger partial charge in [0.15, 0.2) is 5.82 Å². The predicted octanol–water partition coefficient (Wildman–Crippen LogP) is 1.74. The van der Waals surface area contributed by atoms with Gasteiger partial charge in [0.2, 0.25) is 0 Å². The van der Waals surface area contributed by atoms with Gasteiger partial charge in [-0.25, -0.2) is 0 Å². The molecule has 1 amide bonds. The van der Waals surface area contributed by atoms with E-state index in [1.165, 1.54) is 0 Å². The van der Waals surface area contributed by atoms with Crippen LogP contribution < -0.4 is 5.32 Å². The molecule has 7 heteroatoms. The van der Waals surface area contributed by atoms with Crippen LogP contribution in [0, 0.1) is 0 Å². The van der Waals surface area contributed by atoms with E-state index >= 15 is 0 Å². The Hall–Kier alpha value is -2.15. The van der Waals surface area contributed by atoms with Gasteiger partial charge < -0.3 is 19.6 Å². The fourth-order valence-corrected chi connectivity index (χ4v) is 2.28. The van der Waals surface area contributed by atoms with Crippen molar-refractivity contribution >= 4 is 5.91 Å². The van der Waals surface area contributed by atoms with E-state index in [0.717, 1.165) is 31.6 Å². The second-order valence-corrected chi connectivity index (χ2v) is 4.98. The van der Waals surface area contributed by atoms with Crippen molar-refractivity contribution in [2.45, 2.75) is 38.8 Å². The van der Waals surface area contributed by atoms with Crippen LogP contribution in [0.2, 0.25) is 0 Å². The molecule has 0 aliphatic carbocycles. The van der Waals surface area contributed by atoms with Crippen LogP contribution in [0.5, 0.6) is 0 Å². The summed E-state index contributed by atoms with van der Waals surface area (Å²) in [5.74, 6) is 0.763. The van der Waals surface area contributed by atoms with E-state index in [9.17, 15) is 4.79 Å². The van der Waals surface area contributed by atoms with Gasteiger partial charge in [-0.05, 0) is 31.4 Å².